The van der Waals surface area contributed by atoms with Crippen molar-refractivity contribution in [2.24, 2.45) is 5.41 Å². The maximum Gasteiger partial charge on any atom is 0.0956 e. The van der Waals surface area contributed by atoms with E-state index in [-0.39, 0.29) is 5.41 Å². The van der Waals surface area contributed by atoms with E-state index >= 15 is 0 Å². The molecule has 1 fully saturated rings. The van der Waals surface area contributed by atoms with Crippen molar-refractivity contribution in [2.45, 2.75) is 39.5 Å². The SMILES string of the molecule is CC(C#N)=C(Cl)C1(C)CCCC1. The largest absolute Gasteiger partial charge is 0.193 e. The minimum absolute atomic E-state index is 0.0986. The van der Waals surface area contributed by atoms with Gasteiger partial charge in [-0.15, -0.1) is 0 Å². The van der Waals surface area contributed by atoms with Crippen LogP contribution in [0.3, 0.4) is 0 Å². The van der Waals surface area contributed by atoms with Gasteiger partial charge in [-0.25, -0.2) is 0 Å². The van der Waals surface area contributed by atoms with Gasteiger partial charge in [0.25, 0.3) is 0 Å². The zero-order valence-electron chi connectivity index (χ0n) is 7.65. The predicted molar refractivity (Wildman–Crippen MR) is 50.7 cm³/mol. The molecule has 1 aliphatic carbocycles. The van der Waals surface area contributed by atoms with Gasteiger partial charge in [-0.05, 0) is 19.8 Å². The van der Waals surface area contributed by atoms with E-state index in [1.54, 1.807) is 6.92 Å². The molecule has 0 aliphatic heterocycles. The Morgan fingerprint density at radius 3 is 2.33 bits per heavy atom. The fourth-order valence-electron chi connectivity index (χ4n) is 1.88. The van der Waals surface area contributed by atoms with Crippen LogP contribution in [-0.2, 0) is 0 Å². The molecule has 1 nitrogen and oxygen atoms in total. The molecule has 0 aromatic heterocycles. The van der Waals surface area contributed by atoms with Crippen LogP contribution in [-0.4, -0.2) is 0 Å². The van der Waals surface area contributed by atoms with Gasteiger partial charge in [0.1, 0.15) is 0 Å². The van der Waals surface area contributed by atoms with Crippen LogP contribution in [0.25, 0.3) is 0 Å². The molecule has 1 rings (SSSR count). The van der Waals surface area contributed by atoms with E-state index in [0.29, 0.717) is 5.57 Å². The molecule has 0 bridgehead atoms. The molecule has 1 aliphatic rings. The van der Waals surface area contributed by atoms with E-state index < -0.39 is 0 Å². The van der Waals surface area contributed by atoms with Crippen molar-refractivity contribution < 1.29 is 0 Å². The zero-order chi connectivity index (χ0) is 9.19. The van der Waals surface area contributed by atoms with Crippen LogP contribution in [0.15, 0.2) is 10.6 Å². The third kappa shape index (κ3) is 1.64. The molecule has 2 heteroatoms. The van der Waals surface area contributed by atoms with Gasteiger partial charge in [0.15, 0.2) is 0 Å². The normalized spacial score (nSPS) is 23.2. The van der Waals surface area contributed by atoms with Gasteiger partial charge in [-0.3, -0.25) is 0 Å². The first-order chi connectivity index (χ1) is 5.60. The van der Waals surface area contributed by atoms with Crippen molar-refractivity contribution in [3.05, 3.63) is 10.6 Å². The number of hydrogen-bond acceptors (Lipinski definition) is 1. The smallest absolute Gasteiger partial charge is 0.0956 e. The molecule has 0 heterocycles. The summed E-state index contributed by atoms with van der Waals surface area (Å²) in [5.41, 5.74) is 0.780. The highest BCUT2D eigenvalue weighted by molar-refractivity contribution is 6.30. The van der Waals surface area contributed by atoms with Crippen LogP contribution in [0.1, 0.15) is 39.5 Å². The van der Waals surface area contributed by atoms with Crippen molar-refractivity contribution in [3.8, 4) is 6.07 Å². The number of halogens is 1. The Morgan fingerprint density at radius 2 is 1.92 bits per heavy atom. The third-order valence-electron chi connectivity index (χ3n) is 2.73. The lowest BCUT2D eigenvalue weighted by Crippen LogP contribution is -2.12. The van der Waals surface area contributed by atoms with E-state index in [2.05, 4.69) is 13.0 Å². The van der Waals surface area contributed by atoms with Gasteiger partial charge in [-0.2, -0.15) is 5.26 Å². The number of nitriles is 1. The second-order valence-electron chi connectivity index (χ2n) is 3.82. The summed E-state index contributed by atoms with van der Waals surface area (Å²) in [4.78, 5) is 0. The van der Waals surface area contributed by atoms with Crippen LogP contribution in [0.5, 0.6) is 0 Å². The van der Waals surface area contributed by atoms with Gasteiger partial charge in [0.05, 0.1) is 6.07 Å². The molecule has 66 valence electrons. The van der Waals surface area contributed by atoms with Gasteiger partial charge >= 0.3 is 0 Å². The van der Waals surface area contributed by atoms with Crippen molar-refractivity contribution >= 4 is 11.6 Å². The zero-order valence-corrected chi connectivity index (χ0v) is 8.41. The van der Waals surface area contributed by atoms with Crippen molar-refractivity contribution in [3.63, 3.8) is 0 Å². The molecule has 0 spiro atoms. The molecule has 0 atom stereocenters. The molecular formula is C10H14ClN. The van der Waals surface area contributed by atoms with Gasteiger partial charge in [0.2, 0.25) is 0 Å². The van der Waals surface area contributed by atoms with E-state index in [1.807, 2.05) is 0 Å². The summed E-state index contributed by atoms with van der Waals surface area (Å²) in [5.74, 6) is 0. The van der Waals surface area contributed by atoms with Crippen LogP contribution in [0.2, 0.25) is 0 Å². The van der Waals surface area contributed by atoms with Crippen LogP contribution >= 0.6 is 11.6 Å². The summed E-state index contributed by atoms with van der Waals surface area (Å²) in [5, 5.41) is 9.47. The molecule has 1 saturated carbocycles. The average Bonchev–Trinajstić information content (AvgIpc) is 2.50. The molecule has 0 saturated heterocycles. The first-order valence-corrected chi connectivity index (χ1v) is 4.75. The number of rotatable bonds is 1. The molecule has 0 amide bonds. The topological polar surface area (TPSA) is 23.8 Å². The Bertz CT molecular complexity index is 241. The predicted octanol–water partition coefficient (Wildman–Crippen LogP) is 3.60. The monoisotopic (exact) mass is 183 g/mol. The summed E-state index contributed by atoms with van der Waals surface area (Å²) in [6.45, 7) is 3.95. The second-order valence-corrected chi connectivity index (χ2v) is 4.20. The van der Waals surface area contributed by atoms with E-state index in [4.69, 9.17) is 16.9 Å². The molecule has 12 heavy (non-hydrogen) atoms. The lowest BCUT2D eigenvalue weighted by molar-refractivity contribution is 0.433. The third-order valence-corrected chi connectivity index (χ3v) is 3.47. The van der Waals surface area contributed by atoms with Crippen molar-refractivity contribution in [2.75, 3.05) is 0 Å². The highest BCUT2D eigenvalue weighted by Crippen LogP contribution is 2.46. The lowest BCUT2D eigenvalue weighted by atomic mass is 9.86. The number of allylic oxidation sites excluding steroid dienone is 2. The Morgan fingerprint density at radius 1 is 1.42 bits per heavy atom. The van der Waals surface area contributed by atoms with Crippen LogP contribution in [0.4, 0.5) is 0 Å². The fraction of sp³-hybridized carbons (Fsp3) is 0.700. The van der Waals surface area contributed by atoms with Crippen molar-refractivity contribution in [1.29, 1.82) is 5.26 Å². The summed E-state index contributed by atoms with van der Waals surface area (Å²) < 4.78 is 0. The fourth-order valence-corrected chi connectivity index (χ4v) is 2.11. The average molecular weight is 184 g/mol. The van der Waals surface area contributed by atoms with Gasteiger partial charge in [0, 0.05) is 16.0 Å². The van der Waals surface area contributed by atoms with E-state index in [0.717, 1.165) is 17.9 Å². The van der Waals surface area contributed by atoms with Gasteiger partial charge < -0.3 is 0 Å². The van der Waals surface area contributed by atoms with Crippen molar-refractivity contribution in [1.82, 2.24) is 0 Å². The number of nitrogens with zero attached hydrogens (tertiary/aromatic N) is 1. The Balaban J connectivity index is 2.89. The second kappa shape index (κ2) is 3.49. The summed E-state index contributed by atoms with van der Waals surface area (Å²) in [7, 11) is 0. The molecular weight excluding hydrogens is 170 g/mol. The standard InChI is InChI=1S/C10H14ClN/c1-8(7-12)9(11)10(2)5-3-4-6-10/h3-6H2,1-2H3. The summed E-state index contributed by atoms with van der Waals surface area (Å²) in [6.07, 6.45) is 4.74. The minimum atomic E-state index is 0.0986. The first kappa shape index (κ1) is 9.61. The maximum absolute atomic E-state index is 8.69. The lowest BCUT2D eigenvalue weighted by Gasteiger charge is -2.23. The summed E-state index contributed by atoms with van der Waals surface area (Å²) in [6, 6.07) is 2.11. The first-order valence-electron chi connectivity index (χ1n) is 4.37. The Hall–Kier alpha value is -0.480. The van der Waals surface area contributed by atoms with Gasteiger partial charge in [-0.1, -0.05) is 31.4 Å². The van der Waals surface area contributed by atoms with Crippen LogP contribution in [0, 0.1) is 16.7 Å². The molecule has 0 unspecified atom stereocenters. The van der Waals surface area contributed by atoms with E-state index in [1.165, 1.54) is 12.8 Å². The molecule has 0 aromatic carbocycles. The number of hydrogen-bond donors (Lipinski definition) is 0. The minimum Gasteiger partial charge on any atom is -0.193 e. The quantitative estimate of drug-likeness (QED) is 0.570. The Labute approximate surface area is 79.0 Å². The molecule has 0 aromatic rings. The maximum atomic E-state index is 8.69. The molecule has 0 radical (unpaired) electrons. The van der Waals surface area contributed by atoms with E-state index in [9.17, 15) is 0 Å². The molecule has 0 N–H and O–H groups in total. The Kier molecular flexibility index (Phi) is 2.80. The summed E-state index contributed by atoms with van der Waals surface area (Å²) >= 11 is 6.14. The highest BCUT2D eigenvalue weighted by atomic mass is 35.5. The highest BCUT2D eigenvalue weighted by Gasteiger charge is 2.32. The van der Waals surface area contributed by atoms with Crippen LogP contribution < -0.4 is 0 Å².